The van der Waals surface area contributed by atoms with E-state index in [4.69, 9.17) is 10.5 Å². The first-order valence-corrected chi connectivity index (χ1v) is 7.37. The van der Waals surface area contributed by atoms with E-state index in [-0.39, 0.29) is 11.4 Å². The Kier molecular flexibility index (Phi) is 4.85. The van der Waals surface area contributed by atoms with Crippen molar-refractivity contribution in [2.24, 2.45) is 5.73 Å². The van der Waals surface area contributed by atoms with Gasteiger partial charge in [-0.15, -0.1) is 0 Å². The molecule has 116 valence electrons. The van der Waals surface area contributed by atoms with Crippen molar-refractivity contribution in [1.29, 1.82) is 0 Å². The van der Waals surface area contributed by atoms with Crippen LogP contribution in [0.3, 0.4) is 0 Å². The Labute approximate surface area is 126 Å². The number of benzene rings is 1. The number of nitrogens with two attached hydrogens (primary N) is 1. The average Bonchev–Trinajstić information content (AvgIpc) is 2.54. The monoisotopic (exact) mass is 291 g/mol. The molecule has 1 aromatic rings. The first kappa shape index (κ1) is 15.8. The number of carbonyl (C=O) groups excluding carboxylic acids is 1. The molecule has 0 aliphatic carbocycles. The molecule has 1 fully saturated rings. The molecule has 1 amide bonds. The van der Waals surface area contributed by atoms with Crippen molar-refractivity contribution in [2.45, 2.75) is 19.4 Å². The third-order valence-corrected chi connectivity index (χ3v) is 4.26. The summed E-state index contributed by atoms with van der Waals surface area (Å²) in [6.07, 6.45) is 0. The number of hydrogen-bond donors (Lipinski definition) is 1. The number of carbonyl (C=O) groups is 1. The highest BCUT2D eigenvalue weighted by Gasteiger charge is 2.30. The van der Waals surface area contributed by atoms with E-state index >= 15 is 0 Å². The topological polar surface area (TPSA) is 58.8 Å². The zero-order valence-electron chi connectivity index (χ0n) is 13.1. The summed E-state index contributed by atoms with van der Waals surface area (Å²) in [5.74, 6) is 0.671. The minimum atomic E-state index is -0.0143. The van der Waals surface area contributed by atoms with Gasteiger partial charge in [0.2, 0.25) is 0 Å². The van der Waals surface area contributed by atoms with Crippen LogP contribution in [0.4, 0.5) is 0 Å². The van der Waals surface area contributed by atoms with Gasteiger partial charge in [0.05, 0.1) is 12.7 Å². The molecule has 0 spiro atoms. The average molecular weight is 291 g/mol. The summed E-state index contributed by atoms with van der Waals surface area (Å²) in [6, 6.07) is 7.37. The molecule has 0 bridgehead atoms. The summed E-state index contributed by atoms with van der Waals surface area (Å²) >= 11 is 0. The highest BCUT2D eigenvalue weighted by Crippen LogP contribution is 2.21. The second-order valence-electron chi connectivity index (χ2n) is 6.00. The van der Waals surface area contributed by atoms with Gasteiger partial charge in [0.15, 0.2) is 0 Å². The quantitative estimate of drug-likeness (QED) is 0.905. The van der Waals surface area contributed by atoms with Crippen molar-refractivity contribution in [3.05, 3.63) is 29.8 Å². The summed E-state index contributed by atoms with van der Waals surface area (Å²) in [4.78, 5) is 16.8. The fourth-order valence-corrected chi connectivity index (χ4v) is 2.64. The Morgan fingerprint density at radius 3 is 2.43 bits per heavy atom. The maximum Gasteiger partial charge on any atom is 0.257 e. The molecule has 0 atom stereocenters. The van der Waals surface area contributed by atoms with Gasteiger partial charge in [-0.25, -0.2) is 0 Å². The van der Waals surface area contributed by atoms with Gasteiger partial charge in [0.25, 0.3) is 5.91 Å². The lowest BCUT2D eigenvalue weighted by Gasteiger charge is -2.43. The van der Waals surface area contributed by atoms with Crippen molar-refractivity contribution in [3.63, 3.8) is 0 Å². The number of rotatable bonds is 4. The molecule has 0 unspecified atom stereocenters. The van der Waals surface area contributed by atoms with Crippen LogP contribution in [0.25, 0.3) is 0 Å². The van der Waals surface area contributed by atoms with E-state index in [9.17, 15) is 4.79 Å². The summed E-state index contributed by atoms with van der Waals surface area (Å²) in [5, 5.41) is 0. The second-order valence-corrected chi connectivity index (χ2v) is 6.00. The number of para-hydroxylation sites is 1. The molecule has 5 heteroatoms. The maximum atomic E-state index is 12.6. The Morgan fingerprint density at radius 2 is 1.86 bits per heavy atom. The molecule has 2 N–H and O–H groups in total. The van der Waals surface area contributed by atoms with Gasteiger partial charge in [-0.3, -0.25) is 9.69 Å². The first-order valence-electron chi connectivity index (χ1n) is 7.37. The summed E-state index contributed by atoms with van der Waals surface area (Å²) in [7, 11) is 1.59. The van der Waals surface area contributed by atoms with Crippen molar-refractivity contribution in [2.75, 3.05) is 39.8 Å². The molecule has 2 rings (SSSR count). The van der Waals surface area contributed by atoms with E-state index in [2.05, 4.69) is 18.7 Å². The van der Waals surface area contributed by atoms with E-state index in [0.717, 1.165) is 26.2 Å². The van der Waals surface area contributed by atoms with Crippen LogP contribution in [0.15, 0.2) is 24.3 Å². The molecular weight excluding hydrogens is 266 g/mol. The summed E-state index contributed by atoms with van der Waals surface area (Å²) < 4.78 is 5.28. The predicted molar refractivity (Wildman–Crippen MR) is 83.6 cm³/mol. The highest BCUT2D eigenvalue weighted by molar-refractivity contribution is 5.97. The van der Waals surface area contributed by atoms with Crippen molar-refractivity contribution in [1.82, 2.24) is 9.80 Å². The molecule has 1 aromatic carbocycles. The Morgan fingerprint density at radius 1 is 1.24 bits per heavy atom. The van der Waals surface area contributed by atoms with Gasteiger partial charge in [-0.2, -0.15) is 0 Å². The molecule has 1 aliphatic rings. The predicted octanol–water partition coefficient (Wildman–Crippen LogP) is 1.19. The lowest BCUT2D eigenvalue weighted by molar-refractivity contribution is 0.0424. The van der Waals surface area contributed by atoms with Crippen LogP contribution in [0.5, 0.6) is 5.75 Å². The normalized spacial score (nSPS) is 16.9. The zero-order valence-corrected chi connectivity index (χ0v) is 13.1. The van der Waals surface area contributed by atoms with Gasteiger partial charge in [0, 0.05) is 38.3 Å². The smallest absolute Gasteiger partial charge is 0.257 e. The molecular formula is C16H25N3O2. The molecule has 0 aromatic heterocycles. The van der Waals surface area contributed by atoms with E-state index in [1.807, 2.05) is 29.2 Å². The summed E-state index contributed by atoms with van der Waals surface area (Å²) in [6.45, 7) is 8.06. The first-order chi connectivity index (χ1) is 9.99. The largest absolute Gasteiger partial charge is 0.496 e. The lowest BCUT2D eigenvalue weighted by Crippen LogP contribution is -2.58. The maximum absolute atomic E-state index is 12.6. The van der Waals surface area contributed by atoms with E-state index in [1.54, 1.807) is 7.11 Å². The minimum absolute atomic E-state index is 0.0143. The number of amides is 1. The fraction of sp³-hybridized carbons (Fsp3) is 0.562. The van der Waals surface area contributed by atoms with Crippen molar-refractivity contribution >= 4 is 5.91 Å². The van der Waals surface area contributed by atoms with Crippen LogP contribution in [-0.2, 0) is 0 Å². The Bertz CT molecular complexity index is 494. The van der Waals surface area contributed by atoms with Crippen LogP contribution in [-0.4, -0.2) is 61.1 Å². The Hall–Kier alpha value is -1.59. The van der Waals surface area contributed by atoms with Crippen LogP contribution < -0.4 is 10.5 Å². The standard InChI is InChI=1S/C16H25N3O2/c1-16(2,12-17)19-10-8-18(9-11-19)15(20)13-6-4-5-7-14(13)21-3/h4-7H,8-12,17H2,1-3H3. The molecule has 1 heterocycles. The van der Waals surface area contributed by atoms with E-state index in [1.165, 1.54) is 0 Å². The van der Waals surface area contributed by atoms with Crippen LogP contribution >= 0.6 is 0 Å². The number of methoxy groups -OCH3 is 1. The third kappa shape index (κ3) is 3.36. The van der Waals surface area contributed by atoms with E-state index in [0.29, 0.717) is 17.9 Å². The van der Waals surface area contributed by atoms with Crippen LogP contribution in [0, 0.1) is 0 Å². The third-order valence-electron chi connectivity index (χ3n) is 4.26. The van der Waals surface area contributed by atoms with Crippen LogP contribution in [0.1, 0.15) is 24.2 Å². The van der Waals surface area contributed by atoms with Gasteiger partial charge in [-0.1, -0.05) is 12.1 Å². The molecule has 0 saturated carbocycles. The molecule has 1 aliphatic heterocycles. The zero-order chi connectivity index (χ0) is 15.5. The number of nitrogens with zero attached hydrogens (tertiary/aromatic N) is 2. The number of ether oxygens (including phenoxy) is 1. The SMILES string of the molecule is COc1ccccc1C(=O)N1CCN(C(C)(C)CN)CC1. The van der Waals surface area contributed by atoms with Crippen molar-refractivity contribution < 1.29 is 9.53 Å². The second kappa shape index (κ2) is 6.45. The van der Waals surface area contributed by atoms with Gasteiger partial charge >= 0.3 is 0 Å². The molecule has 21 heavy (non-hydrogen) atoms. The Balaban J connectivity index is 2.04. The minimum Gasteiger partial charge on any atom is -0.496 e. The molecule has 1 saturated heterocycles. The number of piperazine rings is 1. The van der Waals surface area contributed by atoms with Crippen molar-refractivity contribution in [3.8, 4) is 5.75 Å². The van der Waals surface area contributed by atoms with Crippen LogP contribution in [0.2, 0.25) is 0 Å². The van der Waals surface area contributed by atoms with Gasteiger partial charge < -0.3 is 15.4 Å². The van der Waals surface area contributed by atoms with E-state index < -0.39 is 0 Å². The fourth-order valence-electron chi connectivity index (χ4n) is 2.64. The highest BCUT2D eigenvalue weighted by atomic mass is 16.5. The summed E-state index contributed by atoms with van der Waals surface area (Å²) in [5.41, 5.74) is 6.44. The molecule has 0 radical (unpaired) electrons. The van der Waals surface area contributed by atoms with Gasteiger partial charge in [-0.05, 0) is 26.0 Å². The number of hydrogen-bond acceptors (Lipinski definition) is 4. The lowest BCUT2D eigenvalue weighted by atomic mass is 10.0. The van der Waals surface area contributed by atoms with Gasteiger partial charge in [0.1, 0.15) is 5.75 Å². The molecule has 5 nitrogen and oxygen atoms in total.